The Bertz CT molecular complexity index is 508. The van der Waals surface area contributed by atoms with E-state index in [1.54, 1.807) is 12.1 Å². The van der Waals surface area contributed by atoms with Crippen molar-refractivity contribution in [2.75, 3.05) is 17.2 Å². The summed E-state index contributed by atoms with van der Waals surface area (Å²) in [5, 5.41) is 9.28. The Balaban J connectivity index is 2.20. The molecule has 3 N–H and O–H groups in total. The Morgan fingerprint density at radius 3 is 2.33 bits per heavy atom. The monoisotopic (exact) mass is 242 g/mol. The molecular formula is C15H18N2O. The molecule has 0 saturated heterocycles. The van der Waals surface area contributed by atoms with Crippen LogP contribution in [0.3, 0.4) is 0 Å². The van der Waals surface area contributed by atoms with E-state index in [0.717, 1.165) is 30.0 Å². The molecule has 0 unspecified atom stereocenters. The van der Waals surface area contributed by atoms with Gasteiger partial charge in [-0.2, -0.15) is 0 Å². The summed E-state index contributed by atoms with van der Waals surface area (Å²) in [6.07, 6.45) is 0. The first kappa shape index (κ1) is 12.3. The van der Waals surface area contributed by atoms with Crippen molar-refractivity contribution >= 4 is 11.4 Å². The molecule has 0 aromatic heterocycles. The van der Waals surface area contributed by atoms with E-state index in [9.17, 15) is 5.11 Å². The van der Waals surface area contributed by atoms with Crippen LogP contribution in [0.1, 0.15) is 12.5 Å². The van der Waals surface area contributed by atoms with Gasteiger partial charge in [-0.15, -0.1) is 0 Å². The zero-order valence-electron chi connectivity index (χ0n) is 10.5. The molecule has 0 saturated carbocycles. The molecule has 3 heteroatoms. The highest BCUT2D eigenvalue weighted by Crippen LogP contribution is 2.24. The Morgan fingerprint density at radius 1 is 1.06 bits per heavy atom. The lowest BCUT2D eigenvalue weighted by atomic mass is 10.1. The van der Waals surface area contributed by atoms with Crippen LogP contribution < -0.4 is 10.6 Å². The molecule has 0 bridgehead atoms. The van der Waals surface area contributed by atoms with E-state index in [1.807, 2.05) is 36.4 Å². The molecule has 0 aliphatic carbocycles. The first-order valence-electron chi connectivity index (χ1n) is 6.08. The van der Waals surface area contributed by atoms with Crippen molar-refractivity contribution < 1.29 is 5.11 Å². The van der Waals surface area contributed by atoms with E-state index in [4.69, 9.17) is 5.73 Å². The summed E-state index contributed by atoms with van der Waals surface area (Å²) in [6, 6.07) is 15.1. The lowest BCUT2D eigenvalue weighted by molar-refractivity contribution is 0.475. The number of hydrogen-bond acceptors (Lipinski definition) is 3. The van der Waals surface area contributed by atoms with Crippen molar-refractivity contribution in [3.05, 3.63) is 54.1 Å². The number of benzene rings is 2. The van der Waals surface area contributed by atoms with E-state index < -0.39 is 0 Å². The minimum absolute atomic E-state index is 0.293. The third-order valence-electron chi connectivity index (χ3n) is 2.97. The maximum absolute atomic E-state index is 9.28. The number of para-hydroxylation sites is 2. The van der Waals surface area contributed by atoms with Gasteiger partial charge >= 0.3 is 0 Å². The fourth-order valence-corrected chi connectivity index (χ4v) is 1.96. The van der Waals surface area contributed by atoms with Gasteiger partial charge in [-0.3, -0.25) is 0 Å². The number of hydrogen-bond donors (Lipinski definition) is 2. The Hall–Kier alpha value is -2.16. The molecular weight excluding hydrogens is 224 g/mol. The van der Waals surface area contributed by atoms with Crippen molar-refractivity contribution in [1.29, 1.82) is 0 Å². The molecule has 3 nitrogen and oxygen atoms in total. The fraction of sp³-hybridized carbons (Fsp3) is 0.200. The van der Waals surface area contributed by atoms with Gasteiger partial charge in [-0.05, 0) is 36.8 Å². The highest BCUT2D eigenvalue weighted by atomic mass is 16.3. The first-order valence-corrected chi connectivity index (χ1v) is 6.08. The third kappa shape index (κ3) is 2.74. The van der Waals surface area contributed by atoms with Gasteiger partial charge in [-0.25, -0.2) is 0 Å². The second-order valence-electron chi connectivity index (χ2n) is 4.24. The summed E-state index contributed by atoms with van der Waals surface area (Å²) in [5.41, 5.74) is 8.98. The predicted molar refractivity (Wildman–Crippen MR) is 75.7 cm³/mol. The van der Waals surface area contributed by atoms with Crippen LogP contribution in [0, 0.1) is 0 Å². The smallest absolute Gasteiger partial charge is 0.115 e. The Kier molecular flexibility index (Phi) is 3.72. The number of rotatable bonds is 4. The predicted octanol–water partition coefficient (Wildman–Crippen LogP) is 3.00. The van der Waals surface area contributed by atoms with Crippen LogP contribution >= 0.6 is 0 Å². The fourth-order valence-electron chi connectivity index (χ4n) is 1.96. The molecule has 2 aromatic rings. The van der Waals surface area contributed by atoms with Crippen LogP contribution in [-0.2, 0) is 6.54 Å². The van der Waals surface area contributed by atoms with Gasteiger partial charge in [0.05, 0.1) is 11.4 Å². The van der Waals surface area contributed by atoms with Crippen molar-refractivity contribution in [2.45, 2.75) is 13.5 Å². The van der Waals surface area contributed by atoms with E-state index in [1.165, 1.54) is 0 Å². The lowest BCUT2D eigenvalue weighted by Gasteiger charge is -2.24. The number of nitrogens with zero attached hydrogens (tertiary/aromatic N) is 1. The first-order chi connectivity index (χ1) is 8.70. The normalized spacial score (nSPS) is 10.3. The van der Waals surface area contributed by atoms with Gasteiger partial charge in [-0.1, -0.05) is 24.3 Å². The van der Waals surface area contributed by atoms with Gasteiger partial charge in [0.25, 0.3) is 0 Å². The molecule has 0 heterocycles. The summed E-state index contributed by atoms with van der Waals surface area (Å²) in [5.74, 6) is 0.293. The van der Waals surface area contributed by atoms with Crippen LogP contribution in [0.4, 0.5) is 11.4 Å². The maximum Gasteiger partial charge on any atom is 0.115 e. The molecule has 0 aliphatic heterocycles. The van der Waals surface area contributed by atoms with Crippen LogP contribution in [-0.4, -0.2) is 11.7 Å². The number of phenolic OH excluding ortho intramolecular Hbond substituents is 1. The number of nitrogens with two attached hydrogens (primary N) is 1. The Morgan fingerprint density at radius 2 is 1.72 bits per heavy atom. The van der Waals surface area contributed by atoms with Crippen molar-refractivity contribution in [3.8, 4) is 5.75 Å². The molecule has 0 fully saturated rings. The zero-order chi connectivity index (χ0) is 13.0. The Labute approximate surface area is 107 Å². The van der Waals surface area contributed by atoms with Gasteiger partial charge in [0.15, 0.2) is 0 Å². The van der Waals surface area contributed by atoms with Crippen LogP contribution in [0.25, 0.3) is 0 Å². The molecule has 94 valence electrons. The van der Waals surface area contributed by atoms with Gasteiger partial charge in [0, 0.05) is 13.1 Å². The average Bonchev–Trinajstić information content (AvgIpc) is 2.39. The highest BCUT2D eigenvalue weighted by molar-refractivity contribution is 5.67. The minimum Gasteiger partial charge on any atom is -0.508 e. The van der Waals surface area contributed by atoms with Crippen LogP contribution in [0.5, 0.6) is 5.75 Å². The summed E-state index contributed by atoms with van der Waals surface area (Å²) < 4.78 is 0. The summed E-state index contributed by atoms with van der Waals surface area (Å²) in [4.78, 5) is 2.21. The maximum atomic E-state index is 9.28. The molecule has 0 radical (unpaired) electrons. The van der Waals surface area contributed by atoms with Gasteiger partial charge < -0.3 is 15.7 Å². The van der Waals surface area contributed by atoms with E-state index in [0.29, 0.717) is 5.75 Å². The van der Waals surface area contributed by atoms with E-state index >= 15 is 0 Å². The molecule has 0 aliphatic rings. The number of phenols is 1. The summed E-state index contributed by atoms with van der Waals surface area (Å²) >= 11 is 0. The lowest BCUT2D eigenvalue weighted by Crippen LogP contribution is -2.22. The van der Waals surface area contributed by atoms with E-state index in [2.05, 4.69) is 11.8 Å². The number of nitrogen functional groups attached to an aromatic ring is 1. The third-order valence-corrected chi connectivity index (χ3v) is 2.97. The zero-order valence-corrected chi connectivity index (χ0v) is 10.5. The van der Waals surface area contributed by atoms with Crippen molar-refractivity contribution in [3.63, 3.8) is 0 Å². The summed E-state index contributed by atoms with van der Waals surface area (Å²) in [7, 11) is 0. The molecule has 2 aromatic carbocycles. The average molecular weight is 242 g/mol. The van der Waals surface area contributed by atoms with Crippen LogP contribution in [0.2, 0.25) is 0 Å². The van der Waals surface area contributed by atoms with E-state index in [-0.39, 0.29) is 0 Å². The minimum atomic E-state index is 0.293. The second-order valence-corrected chi connectivity index (χ2v) is 4.24. The quantitative estimate of drug-likeness (QED) is 0.810. The molecule has 0 amide bonds. The van der Waals surface area contributed by atoms with Gasteiger partial charge in [0.1, 0.15) is 5.75 Å². The van der Waals surface area contributed by atoms with Gasteiger partial charge in [0.2, 0.25) is 0 Å². The SMILES string of the molecule is CCN(Cc1ccc(O)cc1)c1ccccc1N. The van der Waals surface area contributed by atoms with Crippen LogP contribution in [0.15, 0.2) is 48.5 Å². The van der Waals surface area contributed by atoms with Crippen molar-refractivity contribution in [2.24, 2.45) is 0 Å². The topological polar surface area (TPSA) is 49.5 Å². The molecule has 18 heavy (non-hydrogen) atoms. The molecule has 0 spiro atoms. The largest absolute Gasteiger partial charge is 0.508 e. The highest BCUT2D eigenvalue weighted by Gasteiger charge is 2.07. The number of anilines is 2. The summed E-state index contributed by atoms with van der Waals surface area (Å²) in [6.45, 7) is 3.77. The molecule has 2 rings (SSSR count). The second kappa shape index (κ2) is 5.45. The van der Waals surface area contributed by atoms with Crippen molar-refractivity contribution in [1.82, 2.24) is 0 Å². The molecule has 0 atom stereocenters. The number of aromatic hydroxyl groups is 1. The standard InChI is InChI=1S/C15H18N2O/c1-2-17(15-6-4-3-5-14(15)16)11-12-7-9-13(18)10-8-12/h3-10,18H,2,11,16H2,1H3.